The molecule has 1 amide bonds. The molecule has 3 heterocycles. The molecule has 0 aliphatic carbocycles. The van der Waals surface area contributed by atoms with Crippen LogP contribution >= 0.6 is 22.7 Å². The lowest BCUT2D eigenvalue weighted by molar-refractivity contribution is 0.0741. The van der Waals surface area contributed by atoms with E-state index in [0.29, 0.717) is 18.8 Å². The van der Waals surface area contributed by atoms with Crippen molar-refractivity contribution in [3.8, 4) is 10.6 Å². The fraction of sp³-hybridized carbons (Fsp3) is 0.250. The van der Waals surface area contributed by atoms with E-state index in [-0.39, 0.29) is 11.7 Å². The number of aromatic nitrogens is 1. The molecule has 2 aromatic heterocycles. The van der Waals surface area contributed by atoms with E-state index in [0.717, 1.165) is 34.9 Å². The number of carbonyl (C=O) groups is 2. The van der Waals surface area contributed by atoms with Gasteiger partial charge in [0, 0.05) is 53.8 Å². The van der Waals surface area contributed by atoms with E-state index in [1.165, 1.54) is 11.3 Å². The summed E-state index contributed by atoms with van der Waals surface area (Å²) in [5, 5.41) is 6.80. The number of thiazole rings is 1. The second kappa shape index (κ2) is 7.62. The molecule has 3 aromatic rings. The number of benzene rings is 1. The third-order valence-corrected chi connectivity index (χ3v) is 6.27. The number of nitrogens with zero attached hydrogens (tertiary/aromatic N) is 3. The number of carbonyl (C=O) groups excluding carboxylic acids is 2. The van der Waals surface area contributed by atoms with Gasteiger partial charge in [-0.2, -0.15) is 11.3 Å². The highest BCUT2D eigenvalue weighted by Crippen LogP contribution is 2.26. The van der Waals surface area contributed by atoms with Gasteiger partial charge in [0.05, 0.1) is 0 Å². The maximum absolute atomic E-state index is 12.8. The van der Waals surface area contributed by atoms with Crippen molar-refractivity contribution in [2.75, 3.05) is 31.1 Å². The number of thiophene rings is 1. The van der Waals surface area contributed by atoms with Crippen molar-refractivity contribution >= 4 is 40.1 Å². The van der Waals surface area contributed by atoms with Gasteiger partial charge in [0.1, 0.15) is 10.7 Å². The van der Waals surface area contributed by atoms with Crippen LogP contribution in [-0.4, -0.2) is 47.8 Å². The smallest absolute Gasteiger partial charge is 0.273 e. The van der Waals surface area contributed by atoms with Crippen molar-refractivity contribution in [2.45, 2.75) is 6.92 Å². The first-order chi connectivity index (χ1) is 13.1. The maximum Gasteiger partial charge on any atom is 0.273 e. The Kier molecular flexibility index (Phi) is 5.05. The topological polar surface area (TPSA) is 53.5 Å². The lowest BCUT2D eigenvalue weighted by Crippen LogP contribution is -2.48. The third-order valence-electron chi connectivity index (χ3n) is 4.70. The lowest BCUT2D eigenvalue weighted by Gasteiger charge is -2.35. The average molecular weight is 398 g/mol. The van der Waals surface area contributed by atoms with Crippen LogP contribution in [0.1, 0.15) is 27.8 Å². The first-order valence-electron chi connectivity index (χ1n) is 8.75. The van der Waals surface area contributed by atoms with E-state index in [1.807, 2.05) is 51.4 Å². The molecule has 0 N–H and O–H groups in total. The number of Topliss-reactive ketones (excluding diaryl/α,β-unsaturated/α-hetero) is 1. The molecule has 5 nitrogen and oxygen atoms in total. The maximum atomic E-state index is 12.8. The number of piperazine rings is 1. The van der Waals surface area contributed by atoms with Crippen LogP contribution < -0.4 is 4.90 Å². The van der Waals surface area contributed by atoms with Crippen LogP contribution in [0.5, 0.6) is 0 Å². The van der Waals surface area contributed by atoms with Crippen LogP contribution in [0.25, 0.3) is 10.6 Å². The summed E-state index contributed by atoms with van der Waals surface area (Å²) in [5.41, 5.74) is 3.40. The van der Waals surface area contributed by atoms with Gasteiger partial charge in [-0.1, -0.05) is 0 Å². The van der Waals surface area contributed by atoms with Crippen LogP contribution in [-0.2, 0) is 0 Å². The van der Waals surface area contributed by atoms with Gasteiger partial charge in [-0.05, 0) is 42.6 Å². The number of hydrogen-bond donors (Lipinski definition) is 0. The number of rotatable bonds is 4. The van der Waals surface area contributed by atoms with E-state index in [9.17, 15) is 9.59 Å². The molecule has 0 spiro atoms. The van der Waals surface area contributed by atoms with E-state index in [4.69, 9.17) is 0 Å². The van der Waals surface area contributed by atoms with Crippen LogP contribution in [0, 0.1) is 0 Å². The third kappa shape index (κ3) is 3.79. The summed E-state index contributed by atoms with van der Waals surface area (Å²) in [6.07, 6.45) is 0. The van der Waals surface area contributed by atoms with Crippen molar-refractivity contribution in [3.05, 3.63) is 57.7 Å². The molecule has 1 saturated heterocycles. The van der Waals surface area contributed by atoms with Crippen LogP contribution in [0.15, 0.2) is 46.5 Å². The summed E-state index contributed by atoms with van der Waals surface area (Å²) in [7, 11) is 0. The van der Waals surface area contributed by atoms with Gasteiger partial charge in [0.25, 0.3) is 5.91 Å². The summed E-state index contributed by atoms with van der Waals surface area (Å²) in [6.45, 7) is 4.44. The molecular formula is C20H19N3O2S2. The Morgan fingerprint density at radius 1 is 1.00 bits per heavy atom. The molecule has 0 atom stereocenters. The highest BCUT2D eigenvalue weighted by molar-refractivity contribution is 7.14. The molecule has 0 bridgehead atoms. The van der Waals surface area contributed by atoms with E-state index >= 15 is 0 Å². The summed E-state index contributed by atoms with van der Waals surface area (Å²) in [6, 6.07) is 9.68. The standard InChI is InChI=1S/C20H19N3O2S2/c1-14(24)15-2-4-17(5-3-15)22-7-9-23(10-8-22)20(25)18-13-27-19(21-18)16-6-11-26-12-16/h2-6,11-13H,7-10H2,1H3. The SMILES string of the molecule is CC(=O)c1ccc(N2CCN(C(=O)c3csc(-c4ccsc4)n3)CC2)cc1. The Morgan fingerprint density at radius 2 is 1.74 bits per heavy atom. The quantitative estimate of drug-likeness (QED) is 0.624. The highest BCUT2D eigenvalue weighted by atomic mass is 32.1. The summed E-state index contributed by atoms with van der Waals surface area (Å²) >= 11 is 3.14. The fourth-order valence-electron chi connectivity index (χ4n) is 3.13. The molecule has 0 unspecified atom stereocenters. The number of amides is 1. The molecule has 0 radical (unpaired) electrons. The normalized spacial score (nSPS) is 14.4. The summed E-state index contributed by atoms with van der Waals surface area (Å²) in [5.74, 6) is 0.0707. The van der Waals surface area contributed by atoms with Crippen molar-refractivity contribution in [3.63, 3.8) is 0 Å². The number of anilines is 1. The zero-order valence-electron chi connectivity index (χ0n) is 14.9. The van der Waals surface area contributed by atoms with Crippen LogP contribution in [0.2, 0.25) is 0 Å². The van der Waals surface area contributed by atoms with Crippen LogP contribution in [0.4, 0.5) is 5.69 Å². The Balaban J connectivity index is 1.38. The predicted molar refractivity (Wildman–Crippen MR) is 110 cm³/mol. The predicted octanol–water partition coefficient (Wildman–Crippen LogP) is 4.04. The molecule has 7 heteroatoms. The molecule has 1 aliphatic heterocycles. The van der Waals surface area contributed by atoms with Crippen LogP contribution in [0.3, 0.4) is 0 Å². The van der Waals surface area contributed by atoms with Gasteiger partial charge in [-0.3, -0.25) is 9.59 Å². The molecule has 27 heavy (non-hydrogen) atoms. The van der Waals surface area contributed by atoms with Gasteiger partial charge in [-0.15, -0.1) is 11.3 Å². The zero-order chi connectivity index (χ0) is 18.8. The zero-order valence-corrected chi connectivity index (χ0v) is 16.6. The Hall–Kier alpha value is -2.51. The summed E-state index contributed by atoms with van der Waals surface area (Å²) < 4.78 is 0. The number of ketones is 1. The molecule has 1 aromatic carbocycles. The molecular weight excluding hydrogens is 378 g/mol. The van der Waals surface area contributed by atoms with E-state index in [1.54, 1.807) is 18.3 Å². The van der Waals surface area contributed by atoms with Gasteiger partial charge in [0.2, 0.25) is 0 Å². The largest absolute Gasteiger partial charge is 0.368 e. The minimum Gasteiger partial charge on any atom is -0.368 e. The molecule has 1 fully saturated rings. The Morgan fingerprint density at radius 3 is 2.37 bits per heavy atom. The monoisotopic (exact) mass is 397 g/mol. The minimum atomic E-state index is -0.000641. The van der Waals surface area contributed by atoms with E-state index in [2.05, 4.69) is 9.88 Å². The van der Waals surface area contributed by atoms with Gasteiger partial charge >= 0.3 is 0 Å². The average Bonchev–Trinajstić information content (AvgIpc) is 3.39. The first kappa shape index (κ1) is 17.9. The second-order valence-electron chi connectivity index (χ2n) is 6.43. The number of hydrogen-bond acceptors (Lipinski definition) is 6. The minimum absolute atomic E-state index is 0.000641. The summed E-state index contributed by atoms with van der Waals surface area (Å²) in [4.78, 5) is 32.8. The Labute approximate surface area is 165 Å². The molecule has 4 rings (SSSR count). The van der Waals surface area contributed by atoms with E-state index < -0.39 is 0 Å². The lowest BCUT2D eigenvalue weighted by atomic mass is 10.1. The first-order valence-corrected chi connectivity index (χ1v) is 10.6. The molecule has 1 aliphatic rings. The van der Waals surface area contributed by atoms with Gasteiger partial charge < -0.3 is 9.80 Å². The second-order valence-corrected chi connectivity index (χ2v) is 8.07. The van der Waals surface area contributed by atoms with Gasteiger partial charge in [-0.25, -0.2) is 4.98 Å². The molecule has 0 saturated carbocycles. The van der Waals surface area contributed by atoms with Gasteiger partial charge in [0.15, 0.2) is 5.78 Å². The van der Waals surface area contributed by atoms with Crippen molar-refractivity contribution in [2.24, 2.45) is 0 Å². The van der Waals surface area contributed by atoms with Crippen molar-refractivity contribution < 1.29 is 9.59 Å². The molecule has 138 valence electrons. The Bertz CT molecular complexity index is 940. The van der Waals surface area contributed by atoms with Crippen molar-refractivity contribution in [1.29, 1.82) is 0 Å². The highest BCUT2D eigenvalue weighted by Gasteiger charge is 2.24. The van der Waals surface area contributed by atoms with Crippen molar-refractivity contribution in [1.82, 2.24) is 9.88 Å². The fourth-order valence-corrected chi connectivity index (χ4v) is 4.63.